The zero-order valence-electron chi connectivity index (χ0n) is 14.9. The Labute approximate surface area is 151 Å². The summed E-state index contributed by atoms with van der Waals surface area (Å²) in [6, 6.07) is 4.91. The third-order valence-corrected chi connectivity index (χ3v) is 6.00. The lowest BCUT2D eigenvalue weighted by atomic mass is 9.69. The number of aliphatic hydroxyl groups is 1. The Morgan fingerprint density at radius 2 is 1.92 bits per heavy atom. The Balaban J connectivity index is 1.66. The minimum absolute atomic E-state index is 0.0738. The van der Waals surface area contributed by atoms with Gasteiger partial charge in [-0.1, -0.05) is 12.1 Å². The Morgan fingerprint density at radius 1 is 1.23 bits per heavy atom. The summed E-state index contributed by atoms with van der Waals surface area (Å²) in [5.74, 6) is -0.0738. The number of fused-ring (bicyclic) bond motifs is 1. The van der Waals surface area contributed by atoms with Crippen molar-refractivity contribution >= 4 is 5.91 Å². The van der Waals surface area contributed by atoms with Crippen LogP contribution in [0, 0.1) is 5.41 Å². The van der Waals surface area contributed by atoms with E-state index >= 15 is 0 Å². The first kappa shape index (κ1) is 19.2. The van der Waals surface area contributed by atoms with E-state index in [0.29, 0.717) is 18.7 Å². The number of likely N-dealkylation sites (N-methyl/N-ethyl adjacent to an activating group) is 1. The van der Waals surface area contributed by atoms with Crippen molar-refractivity contribution < 1.29 is 23.1 Å². The fraction of sp³-hybridized carbons (Fsp3) is 0.632. The molecule has 2 saturated heterocycles. The van der Waals surface area contributed by atoms with Gasteiger partial charge in [-0.3, -0.25) is 4.79 Å². The van der Waals surface area contributed by atoms with Crippen molar-refractivity contribution in [1.82, 2.24) is 9.80 Å². The summed E-state index contributed by atoms with van der Waals surface area (Å²) in [5, 5.41) is 9.92. The smallest absolute Gasteiger partial charge is 0.396 e. The molecular weight excluding hydrogens is 345 g/mol. The van der Waals surface area contributed by atoms with Crippen LogP contribution in [0.1, 0.15) is 30.4 Å². The third kappa shape index (κ3) is 3.74. The Kier molecular flexibility index (Phi) is 5.30. The summed E-state index contributed by atoms with van der Waals surface area (Å²) in [7, 11) is 2.03. The van der Waals surface area contributed by atoms with Crippen molar-refractivity contribution in [3.05, 3.63) is 35.4 Å². The summed E-state index contributed by atoms with van der Waals surface area (Å²) in [6.07, 6.45) is -1.49. The first-order valence-corrected chi connectivity index (χ1v) is 9.00. The number of hydrogen-bond donors (Lipinski definition) is 1. The van der Waals surface area contributed by atoms with Crippen molar-refractivity contribution in [2.45, 2.75) is 37.9 Å². The molecule has 0 aromatic heterocycles. The maximum absolute atomic E-state index is 12.6. The summed E-state index contributed by atoms with van der Waals surface area (Å²) in [6.45, 7) is 2.23. The van der Waals surface area contributed by atoms with Gasteiger partial charge in [0.15, 0.2) is 0 Å². The maximum atomic E-state index is 12.6. The second-order valence-electron chi connectivity index (χ2n) is 7.58. The fourth-order valence-electron chi connectivity index (χ4n) is 4.34. The third-order valence-electron chi connectivity index (χ3n) is 6.00. The Morgan fingerprint density at radius 3 is 2.54 bits per heavy atom. The number of carbonyl (C=O) groups excluding carboxylic acids is 1. The zero-order valence-corrected chi connectivity index (χ0v) is 14.9. The second kappa shape index (κ2) is 7.19. The highest BCUT2D eigenvalue weighted by atomic mass is 19.4. The van der Waals surface area contributed by atoms with Gasteiger partial charge in [-0.05, 0) is 50.6 Å². The normalized spacial score (nSPS) is 27.3. The van der Waals surface area contributed by atoms with E-state index in [-0.39, 0.29) is 30.4 Å². The molecule has 7 heteroatoms. The van der Waals surface area contributed by atoms with Crippen LogP contribution in [0.3, 0.4) is 0 Å². The maximum Gasteiger partial charge on any atom is 0.416 e. The molecule has 1 aromatic carbocycles. The quantitative estimate of drug-likeness (QED) is 0.889. The molecule has 2 aliphatic rings. The van der Waals surface area contributed by atoms with E-state index in [2.05, 4.69) is 4.90 Å². The highest BCUT2D eigenvalue weighted by molar-refractivity contribution is 5.79. The molecule has 0 unspecified atom stereocenters. The van der Waals surface area contributed by atoms with E-state index in [0.717, 1.165) is 37.9 Å². The summed E-state index contributed by atoms with van der Waals surface area (Å²) in [4.78, 5) is 16.7. The number of halogens is 3. The van der Waals surface area contributed by atoms with Crippen LogP contribution in [-0.4, -0.2) is 60.1 Å². The van der Waals surface area contributed by atoms with E-state index in [1.165, 1.54) is 12.1 Å². The molecule has 1 aromatic rings. The van der Waals surface area contributed by atoms with E-state index in [1.54, 1.807) is 4.90 Å². The highest BCUT2D eigenvalue weighted by Crippen LogP contribution is 2.41. The molecule has 1 amide bonds. The Hall–Kier alpha value is -1.60. The van der Waals surface area contributed by atoms with Gasteiger partial charge in [-0.2, -0.15) is 13.2 Å². The van der Waals surface area contributed by atoms with Gasteiger partial charge in [0.1, 0.15) is 0 Å². The SMILES string of the molecule is CN1CCC[C@]2(CO)CCN(C(=O)Cc3ccc(C(F)(F)F)cc3)C[C@@H]12. The molecule has 4 nitrogen and oxygen atoms in total. The van der Waals surface area contributed by atoms with Crippen LogP contribution in [0.2, 0.25) is 0 Å². The lowest BCUT2D eigenvalue weighted by Crippen LogP contribution is -2.62. The van der Waals surface area contributed by atoms with Crippen molar-refractivity contribution in [3.63, 3.8) is 0 Å². The molecule has 26 heavy (non-hydrogen) atoms. The van der Waals surface area contributed by atoms with Crippen molar-refractivity contribution in [3.8, 4) is 0 Å². The number of alkyl halides is 3. The average molecular weight is 370 g/mol. The molecule has 2 atom stereocenters. The lowest BCUT2D eigenvalue weighted by Gasteiger charge is -2.53. The first-order chi connectivity index (χ1) is 12.2. The summed E-state index contributed by atoms with van der Waals surface area (Å²) < 4.78 is 37.9. The van der Waals surface area contributed by atoms with Crippen molar-refractivity contribution in [2.75, 3.05) is 33.3 Å². The van der Waals surface area contributed by atoms with Crippen LogP contribution >= 0.6 is 0 Å². The van der Waals surface area contributed by atoms with Gasteiger partial charge in [0.2, 0.25) is 5.91 Å². The van der Waals surface area contributed by atoms with Gasteiger partial charge in [0, 0.05) is 24.5 Å². The van der Waals surface area contributed by atoms with Crippen LogP contribution in [0.4, 0.5) is 13.2 Å². The van der Waals surface area contributed by atoms with E-state index in [1.807, 2.05) is 7.05 Å². The molecule has 2 aliphatic heterocycles. The predicted octanol–water partition coefficient (Wildman–Crippen LogP) is 2.55. The van der Waals surface area contributed by atoms with Crippen LogP contribution in [-0.2, 0) is 17.4 Å². The fourth-order valence-corrected chi connectivity index (χ4v) is 4.34. The van der Waals surface area contributed by atoms with Gasteiger partial charge in [0.25, 0.3) is 0 Å². The van der Waals surface area contributed by atoms with Crippen LogP contribution < -0.4 is 0 Å². The van der Waals surface area contributed by atoms with Crippen molar-refractivity contribution in [1.29, 1.82) is 0 Å². The van der Waals surface area contributed by atoms with E-state index < -0.39 is 11.7 Å². The van der Waals surface area contributed by atoms with Gasteiger partial charge < -0.3 is 14.9 Å². The minimum atomic E-state index is -4.37. The molecule has 0 spiro atoms. The van der Waals surface area contributed by atoms with Gasteiger partial charge in [-0.25, -0.2) is 0 Å². The molecular formula is C19H25F3N2O2. The first-order valence-electron chi connectivity index (χ1n) is 9.00. The molecule has 3 rings (SSSR count). The number of amides is 1. The molecule has 1 N–H and O–H groups in total. The number of rotatable bonds is 3. The van der Waals surface area contributed by atoms with Crippen LogP contribution in [0.5, 0.6) is 0 Å². The van der Waals surface area contributed by atoms with Crippen LogP contribution in [0.15, 0.2) is 24.3 Å². The largest absolute Gasteiger partial charge is 0.416 e. The van der Waals surface area contributed by atoms with E-state index in [4.69, 9.17) is 0 Å². The summed E-state index contributed by atoms with van der Waals surface area (Å²) >= 11 is 0. The monoisotopic (exact) mass is 370 g/mol. The lowest BCUT2D eigenvalue weighted by molar-refractivity contribution is -0.139. The number of carbonyl (C=O) groups is 1. The number of aliphatic hydroxyl groups excluding tert-OH is 1. The molecule has 2 fully saturated rings. The number of hydrogen-bond acceptors (Lipinski definition) is 3. The predicted molar refractivity (Wildman–Crippen MR) is 91.5 cm³/mol. The number of benzene rings is 1. The molecule has 144 valence electrons. The molecule has 0 bridgehead atoms. The molecule has 0 aliphatic carbocycles. The van der Waals surface area contributed by atoms with E-state index in [9.17, 15) is 23.1 Å². The standard InChI is InChI=1S/C19H25F3N2O2/c1-23-9-2-7-18(13-25)8-10-24(12-16(18)23)17(26)11-14-3-5-15(6-4-14)19(20,21)22/h3-6,16,25H,2,7-13H2,1H3/t16-,18-/m1/s1. The number of likely N-dealkylation sites (tertiary alicyclic amines) is 2. The van der Waals surface area contributed by atoms with Crippen molar-refractivity contribution in [2.24, 2.45) is 5.41 Å². The zero-order chi connectivity index (χ0) is 18.9. The number of piperidine rings is 2. The van der Waals surface area contributed by atoms with Gasteiger partial charge in [0.05, 0.1) is 18.6 Å². The molecule has 2 heterocycles. The average Bonchev–Trinajstić information content (AvgIpc) is 2.61. The molecule has 0 radical (unpaired) electrons. The van der Waals surface area contributed by atoms with Crippen LogP contribution in [0.25, 0.3) is 0 Å². The second-order valence-corrected chi connectivity index (χ2v) is 7.58. The van der Waals surface area contributed by atoms with Gasteiger partial charge in [-0.15, -0.1) is 0 Å². The topological polar surface area (TPSA) is 43.8 Å². The Bertz CT molecular complexity index is 647. The molecule has 0 saturated carbocycles. The van der Waals surface area contributed by atoms with Gasteiger partial charge >= 0.3 is 6.18 Å². The number of nitrogens with zero attached hydrogens (tertiary/aromatic N) is 2. The minimum Gasteiger partial charge on any atom is -0.396 e. The highest BCUT2D eigenvalue weighted by Gasteiger charge is 2.47. The summed E-state index contributed by atoms with van der Waals surface area (Å²) in [5.41, 5.74) is -0.264.